The standard InChI is InChI=1S/C25H18BrCl2NO4S/c1-32-22-11-16(7-10-21(22)33-14-15-5-8-17(26)9-6-15)12-23-24(30)29(25(31)34-23)13-18-19(27)3-2-4-20(18)28/h2-12H,13-14H2,1H3/b23-12-. The number of hydrogen-bond acceptors (Lipinski definition) is 5. The molecule has 5 nitrogen and oxygen atoms in total. The minimum Gasteiger partial charge on any atom is -0.493 e. The Labute approximate surface area is 219 Å². The van der Waals surface area contributed by atoms with E-state index >= 15 is 0 Å². The maximum atomic E-state index is 12.9. The van der Waals surface area contributed by atoms with Crippen LogP contribution in [0.15, 0.2) is 70.0 Å². The molecule has 1 heterocycles. The predicted molar refractivity (Wildman–Crippen MR) is 139 cm³/mol. The second kappa shape index (κ2) is 10.9. The first-order valence-corrected chi connectivity index (χ1v) is 12.5. The molecule has 0 aliphatic carbocycles. The lowest BCUT2D eigenvalue weighted by molar-refractivity contribution is -0.123. The Morgan fingerprint density at radius 3 is 2.38 bits per heavy atom. The zero-order valence-corrected chi connectivity index (χ0v) is 21.8. The molecule has 0 bridgehead atoms. The van der Waals surface area contributed by atoms with Crippen LogP contribution in [-0.4, -0.2) is 23.2 Å². The number of nitrogens with zero attached hydrogens (tertiary/aromatic N) is 1. The zero-order chi connectivity index (χ0) is 24.2. The van der Waals surface area contributed by atoms with Gasteiger partial charge in [0.15, 0.2) is 11.5 Å². The van der Waals surface area contributed by atoms with Gasteiger partial charge in [0.2, 0.25) is 0 Å². The average Bonchev–Trinajstić information content (AvgIpc) is 3.08. The van der Waals surface area contributed by atoms with Gasteiger partial charge in [-0.15, -0.1) is 0 Å². The van der Waals surface area contributed by atoms with E-state index in [1.54, 1.807) is 49.6 Å². The maximum Gasteiger partial charge on any atom is 0.293 e. The smallest absolute Gasteiger partial charge is 0.293 e. The van der Waals surface area contributed by atoms with Crippen molar-refractivity contribution in [2.75, 3.05) is 7.11 Å². The summed E-state index contributed by atoms with van der Waals surface area (Å²) >= 11 is 16.7. The van der Waals surface area contributed by atoms with Gasteiger partial charge in [-0.25, -0.2) is 0 Å². The molecule has 4 rings (SSSR count). The van der Waals surface area contributed by atoms with Crippen LogP contribution in [-0.2, 0) is 17.9 Å². The van der Waals surface area contributed by atoms with E-state index in [9.17, 15) is 9.59 Å². The van der Waals surface area contributed by atoms with Crippen molar-refractivity contribution in [3.8, 4) is 11.5 Å². The predicted octanol–water partition coefficient (Wildman–Crippen LogP) is 7.58. The number of carbonyl (C=O) groups excluding carboxylic acids is 2. The van der Waals surface area contributed by atoms with E-state index in [-0.39, 0.29) is 11.8 Å². The molecule has 0 unspecified atom stereocenters. The maximum absolute atomic E-state index is 12.9. The Morgan fingerprint density at radius 1 is 1.00 bits per heavy atom. The van der Waals surface area contributed by atoms with Crippen LogP contribution < -0.4 is 9.47 Å². The third kappa shape index (κ3) is 5.61. The number of carbonyl (C=O) groups is 2. The SMILES string of the molecule is COc1cc(/C=C2\SC(=O)N(Cc3c(Cl)cccc3Cl)C2=O)ccc1OCc1ccc(Br)cc1. The Hall–Kier alpha value is -2.45. The third-order valence-electron chi connectivity index (χ3n) is 5.04. The van der Waals surface area contributed by atoms with Gasteiger partial charge in [-0.05, 0) is 65.4 Å². The molecule has 1 saturated heterocycles. The van der Waals surface area contributed by atoms with E-state index in [1.165, 1.54) is 0 Å². The molecular weight excluding hydrogens is 561 g/mol. The molecule has 0 N–H and O–H groups in total. The van der Waals surface area contributed by atoms with Gasteiger partial charge in [0, 0.05) is 20.1 Å². The van der Waals surface area contributed by atoms with Gasteiger partial charge in [0.25, 0.3) is 11.1 Å². The first kappa shape index (κ1) is 24.7. The van der Waals surface area contributed by atoms with Gasteiger partial charge >= 0.3 is 0 Å². The average molecular weight is 579 g/mol. The summed E-state index contributed by atoms with van der Waals surface area (Å²) < 4.78 is 12.4. The minimum atomic E-state index is -0.402. The van der Waals surface area contributed by atoms with Crippen molar-refractivity contribution in [3.63, 3.8) is 0 Å². The lowest BCUT2D eigenvalue weighted by Crippen LogP contribution is -2.27. The highest BCUT2D eigenvalue weighted by atomic mass is 79.9. The van der Waals surface area contributed by atoms with Gasteiger partial charge in [-0.1, -0.05) is 63.4 Å². The van der Waals surface area contributed by atoms with Crippen molar-refractivity contribution < 1.29 is 19.1 Å². The number of rotatable bonds is 7. The van der Waals surface area contributed by atoms with Gasteiger partial charge in [-0.2, -0.15) is 0 Å². The van der Waals surface area contributed by atoms with Gasteiger partial charge < -0.3 is 9.47 Å². The molecule has 0 saturated carbocycles. The number of benzene rings is 3. The molecule has 174 valence electrons. The number of methoxy groups -OCH3 is 1. The van der Waals surface area contributed by atoms with E-state index in [4.69, 9.17) is 32.7 Å². The number of hydrogen-bond donors (Lipinski definition) is 0. The molecule has 0 atom stereocenters. The Bertz CT molecular complexity index is 1260. The summed E-state index contributed by atoms with van der Waals surface area (Å²) in [6.07, 6.45) is 1.65. The number of thioether (sulfide) groups is 1. The number of imide groups is 1. The first-order valence-electron chi connectivity index (χ1n) is 10.1. The van der Waals surface area contributed by atoms with Crippen LogP contribution in [0.3, 0.4) is 0 Å². The van der Waals surface area contributed by atoms with E-state index in [0.717, 1.165) is 26.7 Å². The minimum absolute atomic E-state index is 0.00662. The molecule has 9 heteroatoms. The lowest BCUT2D eigenvalue weighted by Gasteiger charge is -2.14. The van der Waals surface area contributed by atoms with Gasteiger partial charge in [0.05, 0.1) is 18.6 Å². The summed E-state index contributed by atoms with van der Waals surface area (Å²) in [6, 6.07) is 18.2. The van der Waals surface area contributed by atoms with Crippen molar-refractivity contribution in [2.45, 2.75) is 13.2 Å². The summed E-state index contributed by atoms with van der Waals surface area (Å²) in [5.41, 5.74) is 2.25. The molecule has 2 amide bonds. The van der Waals surface area contributed by atoms with Crippen molar-refractivity contribution in [3.05, 3.63) is 96.8 Å². The Kier molecular flexibility index (Phi) is 7.88. The summed E-state index contributed by atoms with van der Waals surface area (Å²) in [7, 11) is 1.55. The molecular formula is C25H18BrCl2NO4S. The van der Waals surface area contributed by atoms with E-state index in [1.807, 2.05) is 24.3 Å². The molecule has 3 aromatic rings. The van der Waals surface area contributed by atoms with Crippen LogP contribution in [0.2, 0.25) is 10.0 Å². The highest BCUT2D eigenvalue weighted by Gasteiger charge is 2.35. The number of ether oxygens (including phenoxy) is 2. The summed E-state index contributed by atoms with van der Waals surface area (Å²) in [4.78, 5) is 26.9. The monoisotopic (exact) mass is 577 g/mol. The topological polar surface area (TPSA) is 55.8 Å². The van der Waals surface area contributed by atoms with Crippen molar-refractivity contribution >= 4 is 68.1 Å². The molecule has 0 radical (unpaired) electrons. The molecule has 1 aliphatic heterocycles. The van der Waals surface area contributed by atoms with E-state index in [2.05, 4.69) is 15.9 Å². The molecule has 0 aromatic heterocycles. The van der Waals surface area contributed by atoms with Crippen molar-refractivity contribution in [1.29, 1.82) is 0 Å². The van der Waals surface area contributed by atoms with E-state index in [0.29, 0.717) is 44.2 Å². The molecule has 0 spiro atoms. The molecule has 34 heavy (non-hydrogen) atoms. The fourth-order valence-corrected chi connectivity index (χ4v) is 4.88. The second-order valence-electron chi connectivity index (χ2n) is 7.29. The van der Waals surface area contributed by atoms with Gasteiger partial charge in [0.1, 0.15) is 6.61 Å². The fraction of sp³-hybridized carbons (Fsp3) is 0.120. The third-order valence-corrected chi connectivity index (χ3v) is 7.19. The fourth-order valence-electron chi connectivity index (χ4n) is 3.26. The quantitative estimate of drug-likeness (QED) is 0.270. The Balaban J connectivity index is 1.50. The molecule has 1 fully saturated rings. The molecule has 1 aliphatic rings. The van der Waals surface area contributed by atoms with E-state index < -0.39 is 5.91 Å². The van der Waals surface area contributed by atoms with Crippen LogP contribution in [0, 0.1) is 0 Å². The lowest BCUT2D eigenvalue weighted by atomic mass is 10.1. The normalized spacial score (nSPS) is 14.7. The number of amides is 2. The summed E-state index contributed by atoms with van der Waals surface area (Å²) in [5, 5.41) is 0.423. The van der Waals surface area contributed by atoms with Crippen molar-refractivity contribution in [2.24, 2.45) is 0 Å². The summed E-state index contributed by atoms with van der Waals surface area (Å²) in [6.45, 7) is 0.388. The van der Waals surface area contributed by atoms with Gasteiger partial charge in [-0.3, -0.25) is 14.5 Å². The highest BCUT2D eigenvalue weighted by molar-refractivity contribution is 9.10. The first-order chi connectivity index (χ1) is 16.4. The van der Waals surface area contributed by atoms with Crippen LogP contribution in [0.5, 0.6) is 11.5 Å². The zero-order valence-electron chi connectivity index (χ0n) is 17.9. The second-order valence-corrected chi connectivity index (χ2v) is 10.0. The Morgan fingerprint density at radius 2 is 1.71 bits per heavy atom. The van der Waals surface area contributed by atoms with Crippen LogP contribution >= 0.6 is 50.9 Å². The van der Waals surface area contributed by atoms with Crippen LogP contribution in [0.4, 0.5) is 4.79 Å². The largest absolute Gasteiger partial charge is 0.493 e. The number of halogens is 3. The van der Waals surface area contributed by atoms with Crippen molar-refractivity contribution in [1.82, 2.24) is 4.90 Å². The highest BCUT2D eigenvalue weighted by Crippen LogP contribution is 2.37. The molecule has 3 aromatic carbocycles. The van der Waals surface area contributed by atoms with Crippen LogP contribution in [0.1, 0.15) is 16.7 Å². The summed E-state index contributed by atoms with van der Waals surface area (Å²) in [5.74, 6) is 0.692. The van der Waals surface area contributed by atoms with Crippen LogP contribution in [0.25, 0.3) is 6.08 Å².